The van der Waals surface area contributed by atoms with Crippen LogP contribution in [-0.2, 0) is 4.74 Å². The van der Waals surface area contributed by atoms with E-state index in [2.05, 4.69) is 17.1 Å². The van der Waals surface area contributed by atoms with E-state index in [4.69, 9.17) is 14.2 Å². The van der Waals surface area contributed by atoms with E-state index < -0.39 is 0 Å². The van der Waals surface area contributed by atoms with Gasteiger partial charge in [0.1, 0.15) is 5.75 Å². The second-order valence-electron chi connectivity index (χ2n) is 7.56. The highest BCUT2D eigenvalue weighted by Gasteiger charge is 2.43. The first-order chi connectivity index (χ1) is 13.6. The average Bonchev–Trinajstić information content (AvgIpc) is 3.12. The molecular formula is C23H23NO4. The normalized spacial score (nSPS) is 22.9. The summed E-state index contributed by atoms with van der Waals surface area (Å²) >= 11 is 0. The van der Waals surface area contributed by atoms with Gasteiger partial charge in [-0.1, -0.05) is 24.3 Å². The number of fused-ring (bicyclic) bond motifs is 6. The van der Waals surface area contributed by atoms with Crippen LogP contribution in [-0.4, -0.2) is 25.3 Å². The Balaban J connectivity index is 1.83. The van der Waals surface area contributed by atoms with Gasteiger partial charge < -0.3 is 19.2 Å². The highest BCUT2D eigenvalue weighted by atomic mass is 16.5. The summed E-state index contributed by atoms with van der Waals surface area (Å²) in [6.45, 7) is 1.86. The van der Waals surface area contributed by atoms with Gasteiger partial charge in [0.2, 0.25) is 5.43 Å². The van der Waals surface area contributed by atoms with Crippen molar-refractivity contribution in [1.29, 1.82) is 0 Å². The Morgan fingerprint density at radius 2 is 1.86 bits per heavy atom. The van der Waals surface area contributed by atoms with Crippen LogP contribution < -0.4 is 14.9 Å². The van der Waals surface area contributed by atoms with Crippen LogP contribution in [0.5, 0.6) is 11.5 Å². The van der Waals surface area contributed by atoms with Crippen LogP contribution in [0.3, 0.4) is 0 Å². The molecule has 0 amide bonds. The highest BCUT2D eigenvalue weighted by molar-refractivity contribution is 5.86. The van der Waals surface area contributed by atoms with E-state index >= 15 is 0 Å². The van der Waals surface area contributed by atoms with Gasteiger partial charge in [-0.15, -0.1) is 0 Å². The van der Waals surface area contributed by atoms with Gasteiger partial charge >= 0.3 is 0 Å². The van der Waals surface area contributed by atoms with Crippen molar-refractivity contribution in [3.05, 3.63) is 69.0 Å². The van der Waals surface area contributed by atoms with Gasteiger partial charge in [0.25, 0.3) is 0 Å². The maximum Gasteiger partial charge on any atom is 0.231 e. The molecule has 3 atom stereocenters. The molecule has 2 aliphatic heterocycles. The maximum atomic E-state index is 13.3. The molecular weight excluding hydrogens is 354 g/mol. The quantitative estimate of drug-likeness (QED) is 0.742. The first kappa shape index (κ1) is 17.3. The number of H-pyrrole nitrogens is 1. The number of hydrogen-bond acceptors (Lipinski definition) is 4. The van der Waals surface area contributed by atoms with Gasteiger partial charge in [-0.2, -0.15) is 0 Å². The van der Waals surface area contributed by atoms with Crippen LogP contribution in [0.15, 0.2) is 41.2 Å². The summed E-state index contributed by atoms with van der Waals surface area (Å²) in [4.78, 5) is 16.6. The fourth-order valence-corrected chi connectivity index (χ4v) is 5.00. The lowest BCUT2D eigenvalue weighted by Gasteiger charge is -2.34. The SMILES string of the molecule is COc1ccccc1[C@@H]1c2ccc3[nH]c(C)c(OC)c(=O)c3c2[C@@H]2CC[C@H]1O2. The summed E-state index contributed by atoms with van der Waals surface area (Å²) in [7, 11) is 3.23. The largest absolute Gasteiger partial charge is 0.496 e. The van der Waals surface area contributed by atoms with Gasteiger partial charge in [-0.05, 0) is 43.0 Å². The zero-order valence-corrected chi connectivity index (χ0v) is 16.2. The van der Waals surface area contributed by atoms with Crippen molar-refractivity contribution >= 4 is 10.9 Å². The summed E-state index contributed by atoms with van der Waals surface area (Å²) in [6.07, 6.45) is 1.92. The third-order valence-electron chi connectivity index (χ3n) is 6.13. The summed E-state index contributed by atoms with van der Waals surface area (Å²) in [5.41, 5.74) is 4.76. The lowest BCUT2D eigenvalue weighted by molar-refractivity contribution is 0.0221. The molecule has 2 aliphatic rings. The van der Waals surface area contributed by atoms with Crippen molar-refractivity contribution in [3.63, 3.8) is 0 Å². The zero-order valence-electron chi connectivity index (χ0n) is 16.2. The number of benzene rings is 2. The molecule has 5 nitrogen and oxygen atoms in total. The van der Waals surface area contributed by atoms with E-state index in [1.165, 1.54) is 0 Å². The predicted octanol–water partition coefficient (Wildman–Crippen LogP) is 4.22. The number of aryl methyl sites for hydroxylation is 1. The minimum absolute atomic E-state index is 0.0426. The zero-order chi connectivity index (χ0) is 19.4. The Labute approximate surface area is 163 Å². The number of aromatic nitrogens is 1. The molecule has 1 saturated heterocycles. The number of rotatable bonds is 3. The summed E-state index contributed by atoms with van der Waals surface area (Å²) < 4.78 is 17.4. The average molecular weight is 377 g/mol. The lowest BCUT2D eigenvalue weighted by Crippen LogP contribution is -2.27. The minimum atomic E-state index is -0.0710. The Kier molecular flexibility index (Phi) is 3.95. The molecule has 3 aromatic rings. The van der Waals surface area contributed by atoms with E-state index in [9.17, 15) is 4.79 Å². The van der Waals surface area contributed by atoms with E-state index in [1.807, 2.05) is 31.2 Å². The summed E-state index contributed by atoms with van der Waals surface area (Å²) in [5.74, 6) is 1.26. The molecule has 5 heteroatoms. The van der Waals surface area contributed by atoms with Crippen LogP contribution in [0.2, 0.25) is 0 Å². The van der Waals surface area contributed by atoms with Crippen molar-refractivity contribution in [2.24, 2.45) is 0 Å². The molecule has 1 N–H and O–H groups in total. The Morgan fingerprint density at radius 1 is 1.04 bits per heavy atom. The first-order valence-electron chi connectivity index (χ1n) is 9.65. The van der Waals surface area contributed by atoms with Gasteiger partial charge in [-0.25, -0.2) is 0 Å². The number of methoxy groups -OCH3 is 2. The topological polar surface area (TPSA) is 60.5 Å². The molecule has 0 spiro atoms. The molecule has 2 aromatic carbocycles. The second kappa shape index (κ2) is 6.38. The smallest absolute Gasteiger partial charge is 0.231 e. The number of hydrogen-bond donors (Lipinski definition) is 1. The van der Waals surface area contributed by atoms with Crippen molar-refractivity contribution in [3.8, 4) is 11.5 Å². The Morgan fingerprint density at radius 3 is 2.64 bits per heavy atom. The molecule has 1 aromatic heterocycles. The fraction of sp³-hybridized carbons (Fsp3) is 0.348. The van der Waals surface area contributed by atoms with Crippen LogP contribution in [0.1, 0.15) is 47.2 Å². The number of pyridine rings is 1. The molecule has 0 radical (unpaired) electrons. The van der Waals surface area contributed by atoms with E-state index in [-0.39, 0.29) is 23.6 Å². The van der Waals surface area contributed by atoms with Crippen LogP contribution in [0.4, 0.5) is 0 Å². The van der Waals surface area contributed by atoms with Gasteiger partial charge in [0, 0.05) is 11.5 Å². The van der Waals surface area contributed by atoms with Gasteiger partial charge in [-0.3, -0.25) is 4.79 Å². The van der Waals surface area contributed by atoms with Gasteiger partial charge in [0.15, 0.2) is 5.75 Å². The van der Waals surface area contributed by atoms with Crippen molar-refractivity contribution in [2.75, 3.05) is 14.2 Å². The maximum absolute atomic E-state index is 13.3. The lowest BCUT2D eigenvalue weighted by atomic mass is 9.81. The predicted molar refractivity (Wildman–Crippen MR) is 108 cm³/mol. The minimum Gasteiger partial charge on any atom is -0.496 e. The molecule has 5 rings (SSSR count). The summed E-state index contributed by atoms with van der Waals surface area (Å²) in [6, 6.07) is 12.2. The molecule has 0 saturated carbocycles. The Hall–Kier alpha value is -2.79. The second-order valence-corrected chi connectivity index (χ2v) is 7.56. The van der Waals surface area contributed by atoms with Crippen molar-refractivity contribution < 1.29 is 14.2 Å². The number of ether oxygens (including phenoxy) is 3. The molecule has 144 valence electrons. The molecule has 0 aliphatic carbocycles. The van der Waals surface area contributed by atoms with Crippen molar-refractivity contribution in [1.82, 2.24) is 4.98 Å². The fourth-order valence-electron chi connectivity index (χ4n) is 5.00. The summed E-state index contributed by atoms with van der Waals surface area (Å²) in [5, 5.41) is 0.685. The van der Waals surface area contributed by atoms with Crippen LogP contribution >= 0.6 is 0 Å². The van der Waals surface area contributed by atoms with Gasteiger partial charge in [0.05, 0.1) is 43.0 Å². The molecule has 28 heavy (non-hydrogen) atoms. The number of para-hydroxylation sites is 1. The standard InChI is InChI=1S/C23H23NO4/c1-12-23(27-3)22(25)21-15(24-12)9-8-14-19(13-6-4-5-7-16(13)26-2)17-10-11-18(28-17)20(14)21/h4-9,17-19H,10-11H2,1-3H3,(H,24,25)/t17-,18+,19-/m1/s1. The van der Waals surface area contributed by atoms with E-state index in [1.54, 1.807) is 14.2 Å². The first-order valence-corrected chi connectivity index (χ1v) is 9.65. The third kappa shape index (κ3) is 2.32. The van der Waals surface area contributed by atoms with Crippen LogP contribution in [0, 0.1) is 6.92 Å². The molecule has 3 heterocycles. The van der Waals surface area contributed by atoms with E-state index in [0.29, 0.717) is 11.1 Å². The molecule has 2 bridgehead atoms. The van der Waals surface area contributed by atoms with Crippen molar-refractivity contribution in [2.45, 2.75) is 37.9 Å². The molecule has 0 unspecified atom stereocenters. The van der Waals surface area contributed by atoms with Crippen LogP contribution in [0.25, 0.3) is 10.9 Å². The Bertz CT molecular complexity index is 1130. The number of aromatic amines is 1. The highest BCUT2D eigenvalue weighted by Crippen LogP contribution is 2.52. The van der Waals surface area contributed by atoms with E-state index in [0.717, 1.165) is 46.5 Å². The monoisotopic (exact) mass is 377 g/mol. The molecule has 1 fully saturated rings. The number of nitrogens with one attached hydrogen (secondary N) is 1. The third-order valence-corrected chi connectivity index (χ3v) is 6.13.